The van der Waals surface area contributed by atoms with Crippen molar-refractivity contribution in [2.45, 2.75) is 24.2 Å². The molecule has 0 radical (unpaired) electrons. The lowest BCUT2D eigenvalue weighted by Crippen LogP contribution is -2.41. The molecule has 1 atom stereocenters. The molecule has 8 heteroatoms. The summed E-state index contributed by atoms with van der Waals surface area (Å²) in [5.74, 6) is 0.792. The minimum atomic E-state index is -3.23. The highest BCUT2D eigenvalue weighted by Gasteiger charge is 2.23. The zero-order valence-corrected chi connectivity index (χ0v) is 16.4. The highest BCUT2D eigenvalue weighted by atomic mass is 35.5. The van der Waals surface area contributed by atoms with Crippen molar-refractivity contribution in [3.05, 3.63) is 24.3 Å². The van der Waals surface area contributed by atoms with Gasteiger partial charge in [0.25, 0.3) is 0 Å². The Morgan fingerprint density at radius 2 is 2.16 bits per heavy atom. The number of sulfone groups is 1. The van der Waals surface area contributed by atoms with E-state index in [1.165, 1.54) is 12.3 Å². The van der Waals surface area contributed by atoms with Crippen molar-refractivity contribution in [2.24, 2.45) is 5.92 Å². The van der Waals surface area contributed by atoms with E-state index in [2.05, 4.69) is 5.32 Å². The smallest absolute Gasteiger partial charge is 0.226 e. The third kappa shape index (κ3) is 6.84. The molecule has 1 amide bonds. The molecule has 0 bridgehead atoms. The number of rotatable bonds is 7. The summed E-state index contributed by atoms with van der Waals surface area (Å²) in [4.78, 5) is 14.3. The van der Waals surface area contributed by atoms with Gasteiger partial charge in [-0.1, -0.05) is 6.07 Å². The van der Waals surface area contributed by atoms with E-state index < -0.39 is 9.84 Å². The molecule has 1 fully saturated rings. The molecule has 0 spiro atoms. The average Bonchev–Trinajstić information content (AvgIpc) is 2.58. The summed E-state index contributed by atoms with van der Waals surface area (Å²) in [5.41, 5.74) is 0. The fourth-order valence-corrected chi connectivity index (χ4v) is 3.43. The van der Waals surface area contributed by atoms with Gasteiger partial charge in [0.2, 0.25) is 5.91 Å². The van der Waals surface area contributed by atoms with Crippen LogP contribution in [0.3, 0.4) is 0 Å². The lowest BCUT2D eigenvalue weighted by Gasteiger charge is -2.27. The van der Waals surface area contributed by atoms with Crippen LogP contribution >= 0.6 is 12.4 Å². The Balaban J connectivity index is 0.00000312. The molecule has 1 aliphatic rings. The van der Waals surface area contributed by atoms with Gasteiger partial charge in [0.15, 0.2) is 9.84 Å². The molecule has 1 aromatic carbocycles. The Labute approximate surface area is 156 Å². The van der Waals surface area contributed by atoms with E-state index in [-0.39, 0.29) is 29.1 Å². The number of hydrogen-bond acceptors (Lipinski definition) is 5. The first-order chi connectivity index (χ1) is 11.4. The van der Waals surface area contributed by atoms with Crippen LogP contribution in [0.15, 0.2) is 29.2 Å². The third-order valence-corrected chi connectivity index (χ3v) is 5.27. The zero-order chi connectivity index (χ0) is 17.6. The van der Waals surface area contributed by atoms with Crippen LogP contribution in [0.25, 0.3) is 0 Å². The lowest BCUT2D eigenvalue weighted by molar-refractivity contribution is -0.134. The van der Waals surface area contributed by atoms with Gasteiger partial charge in [-0.25, -0.2) is 8.42 Å². The van der Waals surface area contributed by atoms with Crippen LogP contribution in [-0.2, 0) is 14.6 Å². The van der Waals surface area contributed by atoms with Crippen LogP contribution in [0.1, 0.15) is 19.3 Å². The van der Waals surface area contributed by atoms with Crippen molar-refractivity contribution in [1.82, 2.24) is 10.2 Å². The molecule has 0 aliphatic carbocycles. The van der Waals surface area contributed by atoms with Crippen molar-refractivity contribution in [1.29, 1.82) is 0 Å². The molecule has 142 valence electrons. The molecule has 25 heavy (non-hydrogen) atoms. The number of nitrogens with zero attached hydrogens (tertiary/aromatic N) is 1. The molecule has 1 heterocycles. The number of ether oxygens (including phenoxy) is 1. The van der Waals surface area contributed by atoms with E-state index in [4.69, 9.17) is 4.74 Å². The van der Waals surface area contributed by atoms with E-state index in [1.807, 2.05) is 7.05 Å². The van der Waals surface area contributed by atoms with Gasteiger partial charge in [-0.15, -0.1) is 12.4 Å². The third-order valence-electron chi connectivity index (χ3n) is 4.16. The summed E-state index contributed by atoms with van der Waals surface area (Å²) in [6.45, 7) is 2.82. The molecule has 1 aromatic rings. The standard InChI is InChI=1S/C17H26N2O4S.ClH/c1-19(17(20)14-6-4-9-18-13-14)10-5-11-23-15-7-3-8-16(12-15)24(2,21)22;/h3,7-8,12,14,18H,4-6,9-11,13H2,1-2H3;1H. The second-order valence-corrected chi connectivity index (χ2v) is 8.27. The average molecular weight is 391 g/mol. The van der Waals surface area contributed by atoms with Crippen LogP contribution < -0.4 is 10.1 Å². The first-order valence-electron chi connectivity index (χ1n) is 8.26. The minimum absolute atomic E-state index is 0. The summed E-state index contributed by atoms with van der Waals surface area (Å²) < 4.78 is 28.7. The maximum atomic E-state index is 12.3. The maximum Gasteiger partial charge on any atom is 0.226 e. The van der Waals surface area contributed by atoms with Crippen molar-refractivity contribution < 1.29 is 17.9 Å². The second-order valence-electron chi connectivity index (χ2n) is 6.25. The predicted octanol–water partition coefficient (Wildman–Crippen LogP) is 1.74. The van der Waals surface area contributed by atoms with Crippen LogP contribution in [0.5, 0.6) is 5.75 Å². The first-order valence-corrected chi connectivity index (χ1v) is 10.2. The Morgan fingerprint density at radius 1 is 1.40 bits per heavy atom. The van der Waals surface area contributed by atoms with Crippen molar-refractivity contribution in [3.63, 3.8) is 0 Å². The maximum absolute atomic E-state index is 12.3. The SMILES string of the molecule is CN(CCCOc1cccc(S(C)(=O)=O)c1)C(=O)C1CCCNC1.Cl. The Bertz CT molecular complexity index is 660. The predicted molar refractivity (Wildman–Crippen MR) is 100 cm³/mol. The van der Waals surface area contributed by atoms with Gasteiger partial charge in [0, 0.05) is 26.4 Å². The molecule has 1 saturated heterocycles. The number of benzene rings is 1. The summed E-state index contributed by atoms with van der Waals surface area (Å²) in [5, 5.41) is 3.26. The molecular weight excluding hydrogens is 364 g/mol. The largest absolute Gasteiger partial charge is 0.493 e. The lowest BCUT2D eigenvalue weighted by atomic mass is 9.98. The normalized spacial score (nSPS) is 17.4. The van der Waals surface area contributed by atoms with E-state index in [1.54, 1.807) is 23.1 Å². The number of halogens is 1. The van der Waals surface area contributed by atoms with E-state index >= 15 is 0 Å². The fraction of sp³-hybridized carbons (Fsp3) is 0.588. The van der Waals surface area contributed by atoms with E-state index in [0.717, 1.165) is 25.9 Å². The quantitative estimate of drug-likeness (QED) is 0.717. The number of amides is 1. The fourth-order valence-electron chi connectivity index (χ4n) is 2.77. The number of hydrogen-bond donors (Lipinski definition) is 1. The van der Waals surface area contributed by atoms with Gasteiger partial charge in [-0.05, 0) is 44.0 Å². The molecule has 1 aliphatic heterocycles. The number of piperidine rings is 1. The van der Waals surface area contributed by atoms with Crippen LogP contribution in [0.2, 0.25) is 0 Å². The zero-order valence-electron chi connectivity index (χ0n) is 14.7. The molecule has 0 saturated carbocycles. The van der Waals surface area contributed by atoms with Crippen molar-refractivity contribution >= 4 is 28.2 Å². The van der Waals surface area contributed by atoms with Gasteiger partial charge in [-0.2, -0.15) is 0 Å². The molecule has 6 nitrogen and oxygen atoms in total. The van der Waals surface area contributed by atoms with Gasteiger partial charge >= 0.3 is 0 Å². The summed E-state index contributed by atoms with van der Waals surface area (Å²) >= 11 is 0. The Morgan fingerprint density at radius 3 is 2.80 bits per heavy atom. The number of carbonyl (C=O) groups excluding carboxylic acids is 1. The molecule has 1 N–H and O–H groups in total. The molecular formula is C17H27ClN2O4S. The first kappa shape index (κ1) is 21.7. The van der Waals surface area contributed by atoms with E-state index in [9.17, 15) is 13.2 Å². The summed E-state index contributed by atoms with van der Waals surface area (Å²) in [6.07, 6.45) is 3.87. The van der Waals surface area contributed by atoms with Crippen molar-refractivity contribution in [2.75, 3.05) is 39.5 Å². The Hall–Kier alpha value is -1.31. The molecule has 0 aromatic heterocycles. The van der Waals surface area contributed by atoms with Gasteiger partial charge in [0.05, 0.1) is 17.4 Å². The molecule has 1 unspecified atom stereocenters. The topological polar surface area (TPSA) is 75.7 Å². The number of carbonyl (C=O) groups is 1. The van der Waals surface area contributed by atoms with Crippen LogP contribution in [-0.4, -0.2) is 58.8 Å². The summed E-state index contributed by atoms with van der Waals surface area (Å²) in [7, 11) is -1.41. The second kappa shape index (κ2) is 9.99. The number of nitrogens with one attached hydrogen (secondary N) is 1. The monoisotopic (exact) mass is 390 g/mol. The van der Waals surface area contributed by atoms with Gasteiger partial charge < -0.3 is 15.0 Å². The van der Waals surface area contributed by atoms with E-state index in [0.29, 0.717) is 25.3 Å². The highest BCUT2D eigenvalue weighted by molar-refractivity contribution is 7.90. The highest BCUT2D eigenvalue weighted by Crippen LogP contribution is 2.17. The minimum Gasteiger partial charge on any atom is -0.493 e. The van der Waals surface area contributed by atoms with Crippen LogP contribution in [0.4, 0.5) is 0 Å². The molecule has 2 rings (SSSR count). The Kier molecular flexibility index (Phi) is 8.68. The summed E-state index contributed by atoms with van der Waals surface area (Å²) in [6, 6.07) is 6.47. The van der Waals surface area contributed by atoms with Crippen molar-refractivity contribution in [3.8, 4) is 5.75 Å². The van der Waals surface area contributed by atoms with Gasteiger partial charge in [-0.3, -0.25) is 4.79 Å². The van der Waals surface area contributed by atoms with Gasteiger partial charge in [0.1, 0.15) is 5.75 Å². The van der Waals surface area contributed by atoms with Crippen LogP contribution in [0, 0.1) is 5.92 Å².